The molecule has 2 atom stereocenters. The van der Waals surface area contributed by atoms with Crippen LogP contribution in [0.5, 0.6) is 0 Å². The molecule has 0 bridgehead atoms. The van der Waals surface area contributed by atoms with Crippen LogP contribution in [0.3, 0.4) is 0 Å². The van der Waals surface area contributed by atoms with Gasteiger partial charge in [-0.15, -0.1) is 5.10 Å². The second-order valence-electron chi connectivity index (χ2n) is 6.06. The molecule has 2 aromatic rings. The lowest BCUT2D eigenvalue weighted by atomic mass is 10.0. The smallest absolute Gasteiger partial charge is 0.326 e. The zero-order chi connectivity index (χ0) is 19.1. The molecule has 0 saturated carbocycles. The molecule has 2 rings (SSSR count). The zero-order valence-electron chi connectivity index (χ0n) is 14.7. The number of amides is 1. The number of nitrogens with one attached hydrogen (secondary N) is 1. The lowest BCUT2D eigenvalue weighted by Crippen LogP contribution is -2.45. The molecule has 0 aliphatic carbocycles. The van der Waals surface area contributed by atoms with Gasteiger partial charge in [-0.1, -0.05) is 31.9 Å². The fraction of sp³-hybridized carbons (Fsp3) is 0.471. The van der Waals surface area contributed by atoms with E-state index in [1.165, 1.54) is 16.8 Å². The van der Waals surface area contributed by atoms with Gasteiger partial charge in [0.05, 0.1) is 0 Å². The predicted molar refractivity (Wildman–Crippen MR) is 90.8 cm³/mol. The normalized spacial score (nSPS) is 13.2. The number of carbonyl (C=O) groups is 2. The summed E-state index contributed by atoms with van der Waals surface area (Å²) in [4.78, 5) is 24.2. The molecule has 0 fully saturated rings. The summed E-state index contributed by atoms with van der Waals surface area (Å²) in [5.74, 6) is -1.53. The van der Waals surface area contributed by atoms with E-state index >= 15 is 0 Å². The van der Waals surface area contributed by atoms with Crippen molar-refractivity contribution < 1.29 is 19.1 Å². The van der Waals surface area contributed by atoms with Crippen LogP contribution >= 0.6 is 0 Å². The van der Waals surface area contributed by atoms with Crippen molar-refractivity contribution in [2.75, 3.05) is 0 Å². The van der Waals surface area contributed by atoms with Crippen molar-refractivity contribution in [3.8, 4) is 0 Å². The maximum absolute atomic E-state index is 13.1. The van der Waals surface area contributed by atoms with Crippen molar-refractivity contribution in [1.29, 1.82) is 0 Å². The van der Waals surface area contributed by atoms with Gasteiger partial charge in [0.25, 0.3) is 0 Å². The van der Waals surface area contributed by atoms with E-state index in [-0.39, 0.29) is 12.2 Å². The Morgan fingerprint density at radius 2 is 2.00 bits per heavy atom. The maximum Gasteiger partial charge on any atom is 0.326 e. The molecule has 0 spiro atoms. The number of rotatable bonds is 9. The third-order valence-corrected chi connectivity index (χ3v) is 4.06. The van der Waals surface area contributed by atoms with Crippen LogP contribution in [0.2, 0.25) is 0 Å². The Bertz CT molecular complexity index is 747. The highest BCUT2D eigenvalue weighted by molar-refractivity contribution is 5.86. The van der Waals surface area contributed by atoms with E-state index in [0.29, 0.717) is 24.2 Å². The number of carboxylic acids is 1. The van der Waals surface area contributed by atoms with E-state index < -0.39 is 24.0 Å². The molecular formula is C17H22FN5O3. The molecule has 140 valence electrons. The van der Waals surface area contributed by atoms with Crippen LogP contribution in [0.25, 0.3) is 0 Å². The summed E-state index contributed by atoms with van der Waals surface area (Å²) >= 11 is 0. The highest BCUT2D eigenvalue weighted by atomic mass is 19.1. The van der Waals surface area contributed by atoms with E-state index in [2.05, 4.69) is 20.8 Å². The van der Waals surface area contributed by atoms with Gasteiger partial charge in [-0.05, 0) is 41.5 Å². The highest BCUT2D eigenvalue weighted by Gasteiger charge is 2.28. The lowest BCUT2D eigenvalue weighted by molar-refractivity contribution is -0.142. The Labute approximate surface area is 150 Å². The molecule has 0 radical (unpaired) electrons. The molecule has 0 aliphatic heterocycles. The summed E-state index contributed by atoms with van der Waals surface area (Å²) in [5, 5.41) is 23.1. The Morgan fingerprint density at radius 3 is 2.54 bits per heavy atom. The van der Waals surface area contributed by atoms with Crippen molar-refractivity contribution in [3.05, 3.63) is 41.5 Å². The van der Waals surface area contributed by atoms with Gasteiger partial charge >= 0.3 is 5.97 Å². The van der Waals surface area contributed by atoms with E-state index in [1.807, 2.05) is 6.92 Å². The molecule has 8 nitrogen and oxygen atoms in total. The number of aromatic nitrogens is 4. The van der Waals surface area contributed by atoms with Crippen molar-refractivity contribution in [2.24, 2.45) is 0 Å². The van der Waals surface area contributed by atoms with Crippen LogP contribution < -0.4 is 5.32 Å². The summed E-state index contributed by atoms with van der Waals surface area (Å²) in [6, 6.07) is 3.94. The minimum atomic E-state index is -1.08. The molecule has 2 N–H and O–H groups in total. The molecule has 1 aromatic heterocycles. The highest BCUT2D eigenvalue weighted by Crippen LogP contribution is 2.16. The average Bonchev–Trinajstić information content (AvgIpc) is 3.03. The van der Waals surface area contributed by atoms with E-state index in [1.54, 1.807) is 19.1 Å². The quantitative estimate of drug-likeness (QED) is 0.701. The number of carboxylic acid groups (broad SMARTS) is 1. The molecule has 1 unspecified atom stereocenters. The lowest BCUT2D eigenvalue weighted by Gasteiger charge is -2.21. The summed E-state index contributed by atoms with van der Waals surface area (Å²) in [6.45, 7) is 3.60. The number of hydrogen-bond acceptors (Lipinski definition) is 5. The van der Waals surface area contributed by atoms with E-state index in [9.17, 15) is 19.1 Å². The fourth-order valence-corrected chi connectivity index (χ4v) is 2.59. The van der Waals surface area contributed by atoms with Crippen molar-refractivity contribution in [1.82, 2.24) is 25.5 Å². The Morgan fingerprint density at radius 1 is 1.31 bits per heavy atom. The van der Waals surface area contributed by atoms with Crippen LogP contribution in [-0.2, 0) is 16.0 Å². The van der Waals surface area contributed by atoms with Gasteiger partial charge in [-0.3, -0.25) is 4.79 Å². The van der Waals surface area contributed by atoms with E-state index in [4.69, 9.17) is 0 Å². The number of hydrogen-bond donors (Lipinski definition) is 2. The largest absolute Gasteiger partial charge is 0.480 e. The SMILES string of the molecule is CCCC[C@H](NC(=O)C(Cc1ccc(F)cc1)n1nnnc1C)C(=O)O. The summed E-state index contributed by atoms with van der Waals surface area (Å²) in [7, 11) is 0. The molecule has 0 saturated heterocycles. The van der Waals surface area contributed by atoms with Gasteiger partial charge < -0.3 is 10.4 Å². The number of carbonyl (C=O) groups excluding carboxylic acids is 1. The first-order valence-corrected chi connectivity index (χ1v) is 8.44. The van der Waals surface area contributed by atoms with Crippen LogP contribution in [0.4, 0.5) is 4.39 Å². The van der Waals surface area contributed by atoms with Gasteiger partial charge in [-0.2, -0.15) is 0 Å². The number of unbranched alkanes of at least 4 members (excludes halogenated alkanes) is 1. The summed E-state index contributed by atoms with van der Waals surface area (Å²) in [6.07, 6.45) is 2.06. The van der Waals surface area contributed by atoms with Crippen molar-refractivity contribution in [3.63, 3.8) is 0 Å². The topological polar surface area (TPSA) is 110 Å². The van der Waals surface area contributed by atoms with Crippen LogP contribution in [0.15, 0.2) is 24.3 Å². The second kappa shape index (κ2) is 9.02. The molecule has 26 heavy (non-hydrogen) atoms. The van der Waals surface area contributed by atoms with Gasteiger partial charge in [-0.25, -0.2) is 13.9 Å². The van der Waals surface area contributed by atoms with E-state index in [0.717, 1.165) is 6.42 Å². The minimum Gasteiger partial charge on any atom is -0.480 e. The average molecular weight is 363 g/mol. The number of halogens is 1. The molecule has 0 aliphatic rings. The van der Waals surface area contributed by atoms with Crippen LogP contribution in [0.1, 0.15) is 43.6 Å². The first-order chi connectivity index (χ1) is 12.4. The summed E-state index contributed by atoms with van der Waals surface area (Å²) in [5.41, 5.74) is 0.710. The molecule has 9 heteroatoms. The Balaban J connectivity index is 2.22. The van der Waals surface area contributed by atoms with Crippen LogP contribution in [0, 0.1) is 12.7 Å². The fourth-order valence-electron chi connectivity index (χ4n) is 2.59. The molecule has 1 amide bonds. The van der Waals surface area contributed by atoms with Crippen molar-refractivity contribution >= 4 is 11.9 Å². The van der Waals surface area contributed by atoms with Crippen molar-refractivity contribution in [2.45, 2.75) is 51.6 Å². The first kappa shape index (κ1) is 19.5. The summed E-state index contributed by atoms with van der Waals surface area (Å²) < 4.78 is 14.5. The van der Waals surface area contributed by atoms with Gasteiger partial charge in [0.2, 0.25) is 5.91 Å². The zero-order valence-corrected chi connectivity index (χ0v) is 14.7. The molecular weight excluding hydrogens is 341 g/mol. The van der Waals surface area contributed by atoms with Crippen LogP contribution in [-0.4, -0.2) is 43.2 Å². The Hall–Kier alpha value is -2.84. The monoisotopic (exact) mass is 363 g/mol. The second-order valence-corrected chi connectivity index (χ2v) is 6.06. The molecule has 1 aromatic carbocycles. The number of tetrazole rings is 1. The predicted octanol–water partition coefficient (Wildman–Crippen LogP) is 1.66. The first-order valence-electron chi connectivity index (χ1n) is 8.44. The Kier molecular flexibility index (Phi) is 6.76. The number of benzene rings is 1. The number of aliphatic carboxylic acids is 1. The van der Waals surface area contributed by atoms with Gasteiger partial charge in [0.1, 0.15) is 23.7 Å². The standard InChI is InChI=1S/C17H22FN5O3/c1-3-4-5-14(17(25)26)19-16(24)15(23-11(2)20-21-22-23)10-12-6-8-13(18)9-7-12/h6-9,14-15H,3-5,10H2,1-2H3,(H,19,24)(H,25,26)/t14-,15?/m0/s1. The van der Waals surface area contributed by atoms with Gasteiger partial charge in [0, 0.05) is 6.42 Å². The third kappa shape index (κ3) is 5.08. The number of nitrogens with zero attached hydrogens (tertiary/aromatic N) is 4. The van der Waals surface area contributed by atoms with Gasteiger partial charge in [0.15, 0.2) is 0 Å². The molecule has 1 heterocycles. The number of aryl methyl sites for hydroxylation is 1. The maximum atomic E-state index is 13.1. The third-order valence-electron chi connectivity index (χ3n) is 4.06. The minimum absolute atomic E-state index is 0.206.